The molecule has 2 saturated carbocycles. The van der Waals surface area contributed by atoms with Crippen LogP contribution in [0.3, 0.4) is 0 Å². The minimum absolute atomic E-state index is 0.0342. The number of carbonyl (C=O) groups excluding carboxylic acids is 1. The molecule has 2 heterocycles. The van der Waals surface area contributed by atoms with Crippen LogP contribution >= 0.6 is 0 Å². The lowest BCUT2D eigenvalue weighted by Crippen LogP contribution is -2.69. The highest BCUT2D eigenvalue weighted by molar-refractivity contribution is 5.73. The molecular weight excluding hydrogens is 548 g/mol. The minimum Gasteiger partial charge on any atom is -0.508 e. The smallest absolute Gasteiger partial charge is 0.308 e. The molecule has 5 atom stereocenters. The van der Waals surface area contributed by atoms with Gasteiger partial charge in [-0.05, 0) is 101 Å². The van der Waals surface area contributed by atoms with Gasteiger partial charge in [0.05, 0.1) is 0 Å². The number of nitrogens with zero attached hydrogens (tertiary/aromatic N) is 2. The monoisotopic (exact) mass is 600 g/mol. The van der Waals surface area contributed by atoms with Crippen LogP contribution in [0.5, 0.6) is 17.2 Å². The number of ether oxygens (including phenoxy) is 2. The highest BCUT2D eigenvalue weighted by Crippen LogP contribution is 2.66. The van der Waals surface area contributed by atoms with E-state index in [0.717, 1.165) is 56.1 Å². The highest BCUT2D eigenvalue weighted by atomic mass is 16.6. The van der Waals surface area contributed by atoms with Crippen LogP contribution in [0.2, 0.25) is 0 Å². The summed E-state index contributed by atoms with van der Waals surface area (Å²) in [6.07, 6.45) is 15.6. The van der Waals surface area contributed by atoms with Crippen LogP contribution in [0.15, 0.2) is 36.4 Å². The Bertz CT molecular complexity index is 1330. The first kappa shape index (κ1) is 30.1. The topological polar surface area (TPSA) is 62.2 Å². The van der Waals surface area contributed by atoms with Gasteiger partial charge in [-0.3, -0.25) is 14.6 Å². The number of rotatable bonds is 14. The fourth-order valence-electron chi connectivity index (χ4n) is 9.56. The van der Waals surface area contributed by atoms with Crippen molar-refractivity contribution in [2.75, 3.05) is 26.2 Å². The largest absolute Gasteiger partial charge is 0.508 e. The molecule has 1 N–H and O–H groups in total. The number of hydrogen-bond acceptors (Lipinski definition) is 6. The van der Waals surface area contributed by atoms with E-state index in [9.17, 15) is 9.90 Å². The molecule has 1 spiro atoms. The highest BCUT2D eigenvalue weighted by Gasteiger charge is 2.67. The molecule has 3 aliphatic carbocycles. The van der Waals surface area contributed by atoms with Gasteiger partial charge in [-0.2, -0.15) is 0 Å². The first-order valence-electron chi connectivity index (χ1n) is 17.8. The van der Waals surface area contributed by atoms with Gasteiger partial charge in [0.25, 0.3) is 0 Å². The van der Waals surface area contributed by atoms with Crippen molar-refractivity contribution in [2.24, 2.45) is 11.8 Å². The van der Waals surface area contributed by atoms with E-state index in [4.69, 9.17) is 9.47 Å². The van der Waals surface area contributed by atoms with Crippen molar-refractivity contribution in [1.82, 2.24) is 9.80 Å². The van der Waals surface area contributed by atoms with Crippen LogP contribution in [-0.4, -0.2) is 65.2 Å². The average Bonchev–Trinajstić information content (AvgIpc) is 3.77. The molecule has 2 aromatic carbocycles. The molecule has 0 radical (unpaired) electrons. The summed E-state index contributed by atoms with van der Waals surface area (Å²) < 4.78 is 12.8. The van der Waals surface area contributed by atoms with Gasteiger partial charge in [-0.25, -0.2) is 0 Å². The van der Waals surface area contributed by atoms with Crippen LogP contribution in [0.1, 0.15) is 101 Å². The molecule has 0 amide bonds. The Morgan fingerprint density at radius 1 is 1.07 bits per heavy atom. The number of phenols is 1. The molecule has 0 aromatic heterocycles. The molecule has 6 nitrogen and oxygen atoms in total. The van der Waals surface area contributed by atoms with Crippen molar-refractivity contribution in [3.8, 4) is 17.2 Å². The Kier molecular flexibility index (Phi) is 8.67. The molecule has 3 fully saturated rings. The van der Waals surface area contributed by atoms with E-state index in [-0.39, 0.29) is 23.2 Å². The van der Waals surface area contributed by atoms with Gasteiger partial charge >= 0.3 is 5.97 Å². The summed E-state index contributed by atoms with van der Waals surface area (Å²) in [7, 11) is 0. The Morgan fingerprint density at radius 3 is 2.64 bits per heavy atom. The Morgan fingerprint density at radius 2 is 1.86 bits per heavy atom. The van der Waals surface area contributed by atoms with Gasteiger partial charge in [0.1, 0.15) is 11.9 Å². The fourth-order valence-corrected chi connectivity index (χ4v) is 9.56. The SMILES string of the molecule is CCCCN(CCCCCCc1ccccc1)[C@H]1CC[C@H]2[C@H]3Cc4c(O)cc(OC(C)=O)c5c4[C@@]2(CCN3CC2CC2)[C@H]1O5. The van der Waals surface area contributed by atoms with Crippen molar-refractivity contribution < 1.29 is 19.4 Å². The molecule has 7 rings (SSSR count). The van der Waals surface area contributed by atoms with Crippen molar-refractivity contribution >= 4 is 5.97 Å². The predicted molar refractivity (Wildman–Crippen MR) is 174 cm³/mol. The molecule has 0 unspecified atom stereocenters. The molecule has 2 aromatic rings. The van der Waals surface area contributed by atoms with E-state index in [2.05, 4.69) is 47.1 Å². The van der Waals surface area contributed by atoms with Crippen LogP contribution in [0.4, 0.5) is 0 Å². The molecule has 6 heteroatoms. The molecule has 5 aliphatic rings. The maximum atomic E-state index is 12.2. The normalized spacial score (nSPS) is 28.5. The number of piperidine rings is 1. The second-order valence-electron chi connectivity index (χ2n) is 14.5. The van der Waals surface area contributed by atoms with Crippen molar-refractivity contribution in [2.45, 2.75) is 121 Å². The first-order valence-corrected chi connectivity index (χ1v) is 17.8. The maximum absolute atomic E-state index is 12.2. The number of unbranched alkanes of at least 4 members (excludes halogenated alkanes) is 4. The summed E-state index contributed by atoms with van der Waals surface area (Å²) in [4.78, 5) is 17.7. The maximum Gasteiger partial charge on any atom is 0.308 e. The minimum atomic E-state index is -0.366. The second kappa shape index (κ2) is 12.7. The second-order valence-corrected chi connectivity index (χ2v) is 14.5. The van der Waals surface area contributed by atoms with E-state index in [1.807, 2.05) is 0 Å². The number of aromatic hydroxyl groups is 1. The molecule has 1 saturated heterocycles. The molecule has 238 valence electrons. The molecule has 44 heavy (non-hydrogen) atoms. The third-order valence-corrected chi connectivity index (χ3v) is 11.7. The number of likely N-dealkylation sites (tertiary alicyclic amines) is 1. The molecule has 2 bridgehead atoms. The van der Waals surface area contributed by atoms with Crippen molar-refractivity contribution in [3.05, 3.63) is 53.1 Å². The quantitative estimate of drug-likeness (QED) is 0.143. The van der Waals surface area contributed by atoms with E-state index in [1.165, 1.54) is 88.8 Å². The summed E-state index contributed by atoms with van der Waals surface area (Å²) in [5, 5.41) is 11.4. The van der Waals surface area contributed by atoms with Crippen LogP contribution in [-0.2, 0) is 23.1 Å². The Labute approximate surface area is 264 Å². The average molecular weight is 601 g/mol. The number of esters is 1. The van der Waals surface area contributed by atoms with E-state index in [0.29, 0.717) is 23.8 Å². The van der Waals surface area contributed by atoms with E-state index in [1.54, 1.807) is 6.07 Å². The Balaban J connectivity index is 1.14. The van der Waals surface area contributed by atoms with Gasteiger partial charge in [0.2, 0.25) is 0 Å². The van der Waals surface area contributed by atoms with Crippen LogP contribution in [0.25, 0.3) is 0 Å². The zero-order valence-corrected chi connectivity index (χ0v) is 26.9. The van der Waals surface area contributed by atoms with Gasteiger partial charge < -0.3 is 14.6 Å². The lowest BCUT2D eigenvalue weighted by atomic mass is 9.50. The van der Waals surface area contributed by atoms with Crippen molar-refractivity contribution in [3.63, 3.8) is 0 Å². The van der Waals surface area contributed by atoms with Crippen molar-refractivity contribution in [1.29, 1.82) is 0 Å². The van der Waals surface area contributed by atoms with Gasteiger partial charge in [0, 0.05) is 48.2 Å². The third-order valence-electron chi connectivity index (χ3n) is 11.7. The van der Waals surface area contributed by atoms with Gasteiger partial charge in [-0.1, -0.05) is 56.5 Å². The molecular formula is C38H52N2O4. The van der Waals surface area contributed by atoms with Crippen LogP contribution in [0, 0.1) is 11.8 Å². The standard InChI is InChI=1S/C38H52N2O4/c1-3-4-20-39(21-11-6-5-8-12-27-13-9-7-10-14-27)31-18-17-30-32-23-29-33(42)24-34(43-26(2)41)36-35(29)38(30,37(31)44-36)19-22-40(32)25-28-15-16-28/h7,9-10,13-14,24,28,30-32,37,42H,3-6,8,11-12,15-23,25H2,1-2H3/t30-,31-,32+,37-,38-/m0/s1. The lowest BCUT2D eigenvalue weighted by Gasteiger charge is -2.60. The van der Waals surface area contributed by atoms with Crippen LogP contribution < -0.4 is 9.47 Å². The van der Waals surface area contributed by atoms with E-state index >= 15 is 0 Å². The number of phenolic OH excluding ortho intramolecular Hbond substituents is 1. The number of carbonyl (C=O) groups is 1. The third kappa shape index (κ3) is 5.55. The summed E-state index contributed by atoms with van der Waals surface area (Å²) >= 11 is 0. The lowest BCUT2D eigenvalue weighted by molar-refractivity contribution is -0.132. The summed E-state index contributed by atoms with van der Waals surface area (Å²) in [6, 6.07) is 13.3. The van der Waals surface area contributed by atoms with Gasteiger partial charge in [-0.15, -0.1) is 0 Å². The number of hydrogen-bond donors (Lipinski definition) is 1. The summed E-state index contributed by atoms with van der Waals surface area (Å²) in [6.45, 7) is 8.24. The number of aryl methyl sites for hydroxylation is 1. The molecule has 2 aliphatic heterocycles. The fraction of sp³-hybridized carbons (Fsp3) is 0.658. The summed E-state index contributed by atoms with van der Waals surface area (Å²) in [5.74, 6) is 2.44. The first-order chi connectivity index (χ1) is 21.5. The van der Waals surface area contributed by atoms with Gasteiger partial charge in [0.15, 0.2) is 11.5 Å². The number of benzene rings is 2. The zero-order chi connectivity index (χ0) is 30.3. The summed E-state index contributed by atoms with van der Waals surface area (Å²) in [5.41, 5.74) is 3.56. The zero-order valence-electron chi connectivity index (χ0n) is 26.9. The van der Waals surface area contributed by atoms with E-state index < -0.39 is 0 Å². The predicted octanol–water partition coefficient (Wildman–Crippen LogP) is 7.04. The Hall–Kier alpha value is -2.57.